The quantitative estimate of drug-likeness (QED) is 0.922. The van der Waals surface area contributed by atoms with Crippen LogP contribution in [0.15, 0.2) is 24.5 Å². The van der Waals surface area contributed by atoms with Gasteiger partial charge >= 0.3 is 5.97 Å². The Morgan fingerprint density at radius 1 is 1.20 bits per heavy atom. The molecule has 0 saturated carbocycles. The van der Waals surface area contributed by atoms with Gasteiger partial charge in [-0.2, -0.15) is 0 Å². The lowest BCUT2D eigenvalue weighted by molar-refractivity contribution is -0.132. The van der Waals surface area contributed by atoms with Gasteiger partial charge in [0.05, 0.1) is 17.3 Å². The standard InChI is InChI=1S/C18H20N4O3/c1-11-7-15(13-8-14(18(24)25)10-19-9-13)21-17(20-11)16-5-3-4-6-22(16)12(2)23/h7-10,16H,3-6H2,1-2H3,(H,24,25). The van der Waals surface area contributed by atoms with E-state index in [4.69, 9.17) is 5.11 Å². The van der Waals surface area contributed by atoms with Crippen molar-refractivity contribution in [3.8, 4) is 11.3 Å². The predicted molar refractivity (Wildman–Crippen MR) is 90.9 cm³/mol. The fourth-order valence-corrected chi connectivity index (χ4v) is 3.16. The van der Waals surface area contributed by atoms with Crippen LogP contribution in [0.1, 0.15) is 54.1 Å². The number of aromatic nitrogens is 3. The molecule has 1 unspecified atom stereocenters. The lowest BCUT2D eigenvalue weighted by atomic mass is 10.0. The number of carbonyl (C=O) groups is 2. The minimum Gasteiger partial charge on any atom is -0.478 e. The highest BCUT2D eigenvalue weighted by Crippen LogP contribution is 2.30. The molecule has 130 valence electrons. The van der Waals surface area contributed by atoms with Gasteiger partial charge in [-0.05, 0) is 38.3 Å². The second-order valence-electron chi connectivity index (χ2n) is 6.24. The number of nitrogens with zero attached hydrogens (tertiary/aromatic N) is 4. The zero-order valence-electron chi connectivity index (χ0n) is 14.3. The largest absolute Gasteiger partial charge is 0.478 e. The van der Waals surface area contributed by atoms with Crippen LogP contribution in [0.3, 0.4) is 0 Å². The number of piperidine rings is 1. The predicted octanol–water partition coefficient (Wildman–Crippen LogP) is 2.62. The fraction of sp³-hybridized carbons (Fsp3) is 0.389. The van der Waals surface area contributed by atoms with Gasteiger partial charge < -0.3 is 10.0 Å². The summed E-state index contributed by atoms with van der Waals surface area (Å²) in [6.07, 6.45) is 5.73. The maximum Gasteiger partial charge on any atom is 0.337 e. The molecular formula is C18H20N4O3. The molecule has 1 N–H and O–H groups in total. The summed E-state index contributed by atoms with van der Waals surface area (Å²) in [4.78, 5) is 38.1. The van der Waals surface area contributed by atoms with Crippen molar-refractivity contribution in [2.75, 3.05) is 6.54 Å². The van der Waals surface area contributed by atoms with Crippen molar-refractivity contribution in [1.82, 2.24) is 19.9 Å². The first-order valence-corrected chi connectivity index (χ1v) is 8.27. The molecule has 2 aromatic rings. The van der Waals surface area contributed by atoms with Gasteiger partial charge in [-0.3, -0.25) is 9.78 Å². The van der Waals surface area contributed by atoms with E-state index >= 15 is 0 Å². The Morgan fingerprint density at radius 3 is 2.72 bits per heavy atom. The number of carbonyl (C=O) groups excluding carboxylic acids is 1. The van der Waals surface area contributed by atoms with E-state index in [9.17, 15) is 9.59 Å². The molecule has 0 spiro atoms. The van der Waals surface area contributed by atoms with E-state index in [2.05, 4.69) is 15.0 Å². The van der Waals surface area contributed by atoms with Gasteiger partial charge in [-0.1, -0.05) is 0 Å². The number of likely N-dealkylation sites (tertiary alicyclic amines) is 1. The highest BCUT2D eigenvalue weighted by Gasteiger charge is 2.28. The Morgan fingerprint density at radius 2 is 2.00 bits per heavy atom. The van der Waals surface area contributed by atoms with E-state index in [0.29, 0.717) is 23.6 Å². The summed E-state index contributed by atoms with van der Waals surface area (Å²) in [6.45, 7) is 4.14. The molecule has 0 bridgehead atoms. The summed E-state index contributed by atoms with van der Waals surface area (Å²) in [5, 5.41) is 9.15. The minimum absolute atomic E-state index is 0.0193. The second-order valence-corrected chi connectivity index (χ2v) is 6.24. The molecule has 25 heavy (non-hydrogen) atoms. The molecule has 7 nitrogen and oxygen atoms in total. The molecule has 0 aliphatic carbocycles. The van der Waals surface area contributed by atoms with Crippen LogP contribution in [0, 0.1) is 6.92 Å². The number of hydrogen-bond donors (Lipinski definition) is 1. The molecule has 1 atom stereocenters. The molecule has 7 heteroatoms. The van der Waals surface area contributed by atoms with Gasteiger partial charge in [-0.25, -0.2) is 14.8 Å². The lowest BCUT2D eigenvalue weighted by Gasteiger charge is -2.34. The van der Waals surface area contributed by atoms with E-state index in [-0.39, 0.29) is 17.5 Å². The summed E-state index contributed by atoms with van der Waals surface area (Å²) in [6, 6.07) is 3.21. The summed E-state index contributed by atoms with van der Waals surface area (Å²) < 4.78 is 0. The third-order valence-electron chi connectivity index (χ3n) is 4.36. The van der Waals surface area contributed by atoms with Crippen molar-refractivity contribution >= 4 is 11.9 Å². The van der Waals surface area contributed by atoms with E-state index in [0.717, 1.165) is 25.0 Å². The normalized spacial score (nSPS) is 17.4. The highest BCUT2D eigenvalue weighted by molar-refractivity contribution is 5.88. The molecule has 1 saturated heterocycles. The zero-order valence-corrected chi connectivity index (χ0v) is 14.3. The summed E-state index contributed by atoms with van der Waals surface area (Å²) >= 11 is 0. The Kier molecular flexibility index (Phi) is 4.74. The van der Waals surface area contributed by atoms with Crippen molar-refractivity contribution in [3.63, 3.8) is 0 Å². The van der Waals surface area contributed by atoms with E-state index in [1.54, 1.807) is 25.3 Å². The van der Waals surface area contributed by atoms with Crippen LogP contribution >= 0.6 is 0 Å². The van der Waals surface area contributed by atoms with E-state index in [1.165, 1.54) is 6.20 Å². The Labute approximate surface area is 145 Å². The number of rotatable bonds is 3. The Balaban J connectivity index is 2.02. The first-order chi connectivity index (χ1) is 12.0. The number of aromatic carboxylic acids is 1. The first kappa shape index (κ1) is 17.0. The van der Waals surface area contributed by atoms with Crippen molar-refractivity contribution in [2.45, 2.75) is 39.2 Å². The van der Waals surface area contributed by atoms with Crippen LogP contribution in [0.4, 0.5) is 0 Å². The van der Waals surface area contributed by atoms with Crippen molar-refractivity contribution in [1.29, 1.82) is 0 Å². The third-order valence-corrected chi connectivity index (χ3v) is 4.36. The molecule has 2 aromatic heterocycles. The average Bonchev–Trinajstić information content (AvgIpc) is 2.61. The van der Waals surface area contributed by atoms with Gasteiger partial charge in [0, 0.05) is 37.1 Å². The number of carboxylic acid groups (broad SMARTS) is 1. The Hall–Kier alpha value is -2.83. The Bertz CT molecular complexity index is 822. The molecule has 3 heterocycles. The van der Waals surface area contributed by atoms with Crippen molar-refractivity contribution < 1.29 is 14.7 Å². The fourth-order valence-electron chi connectivity index (χ4n) is 3.16. The number of carboxylic acids is 1. The van der Waals surface area contributed by atoms with Crippen LogP contribution < -0.4 is 0 Å². The second kappa shape index (κ2) is 6.96. The number of pyridine rings is 1. The monoisotopic (exact) mass is 340 g/mol. The van der Waals surface area contributed by atoms with Crippen LogP contribution in [-0.2, 0) is 4.79 Å². The number of aryl methyl sites for hydroxylation is 1. The topological polar surface area (TPSA) is 96.3 Å². The molecular weight excluding hydrogens is 320 g/mol. The third kappa shape index (κ3) is 3.65. The van der Waals surface area contributed by atoms with Gasteiger partial charge in [0.15, 0.2) is 5.82 Å². The smallest absolute Gasteiger partial charge is 0.337 e. The van der Waals surface area contributed by atoms with Gasteiger partial charge in [-0.15, -0.1) is 0 Å². The maximum absolute atomic E-state index is 11.9. The molecule has 1 fully saturated rings. The van der Waals surface area contributed by atoms with Gasteiger partial charge in [0.1, 0.15) is 0 Å². The molecule has 3 rings (SSSR count). The number of hydrogen-bond acceptors (Lipinski definition) is 5. The summed E-state index contributed by atoms with van der Waals surface area (Å²) in [5.41, 5.74) is 2.12. The maximum atomic E-state index is 11.9. The minimum atomic E-state index is -1.03. The molecule has 1 aliphatic rings. The summed E-state index contributed by atoms with van der Waals surface area (Å²) in [7, 11) is 0. The van der Waals surface area contributed by atoms with Crippen LogP contribution in [-0.4, -0.2) is 43.4 Å². The molecule has 0 aromatic carbocycles. The van der Waals surface area contributed by atoms with Crippen molar-refractivity contribution in [2.24, 2.45) is 0 Å². The molecule has 0 radical (unpaired) electrons. The van der Waals surface area contributed by atoms with E-state index < -0.39 is 5.97 Å². The van der Waals surface area contributed by atoms with Crippen LogP contribution in [0.25, 0.3) is 11.3 Å². The van der Waals surface area contributed by atoms with Gasteiger partial charge in [0.2, 0.25) is 5.91 Å². The van der Waals surface area contributed by atoms with Crippen LogP contribution in [0.5, 0.6) is 0 Å². The number of amides is 1. The van der Waals surface area contributed by atoms with E-state index in [1.807, 2.05) is 11.8 Å². The first-order valence-electron chi connectivity index (χ1n) is 8.27. The van der Waals surface area contributed by atoms with Gasteiger partial charge in [0.25, 0.3) is 0 Å². The van der Waals surface area contributed by atoms with Crippen molar-refractivity contribution in [3.05, 3.63) is 41.6 Å². The average molecular weight is 340 g/mol. The molecule has 1 aliphatic heterocycles. The molecule has 1 amide bonds. The van der Waals surface area contributed by atoms with Crippen LogP contribution in [0.2, 0.25) is 0 Å². The summed E-state index contributed by atoms with van der Waals surface area (Å²) in [5.74, 6) is -0.410. The highest BCUT2D eigenvalue weighted by atomic mass is 16.4. The lowest BCUT2D eigenvalue weighted by Crippen LogP contribution is -2.37. The SMILES string of the molecule is CC(=O)N1CCCCC1c1nc(C)cc(-c2cncc(C(=O)O)c2)n1. The zero-order chi connectivity index (χ0) is 18.0.